The number of carboxylic acids is 1. The minimum Gasteiger partial charge on any atom is -0.478 e. The maximum absolute atomic E-state index is 14.3. The van der Waals surface area contributed by atoms with Crippen molar-refractivity contribution in [3.05, 3.63) is 64.8 Å². The molecule has 7 heteroatoms. The summed E-state index contributed by atoms with van der Waals surface area (Å²) in [6, 6.07) is 7.51. The van der Waals surface area contributed by atoms with E-state index in [1.54, 1.807) is 12.3 Å². The van der Waals surface area contributed by atoms with Crippen LogP contribution in [0.5, 0.6) is 0 Å². The molecule has 0 bridgehead atoms. The molecular weight excluding hydrogens is 491 g/mol. The number of H-pyrrole nitrogens is 1. The normalized spacial score (nSPS) is 20.0. The van der Waals surface area contributed by atoms with Crippen LogP contribution in [-0.2, 0) is 11.3 Å². The molecule has 1 fully saturated rings. The number of aromatic nitrogens is 2. The molecule has 0 atom stereocenters. The number of pyridine rings is 1. The summed E-state index contributed by atoms with van der Waals surface area (Å²) in [4.78, 5) is 25.0. The van der Waals surface area contributed by atoms with E-state index in [1.807, 2.05) is 32.9 Å². The zero-order chi connectivity index (χ0) is 27.5. The first-order valence-corrected chi connectivity index (χ1v) is 14.0. The smallest absolute Gasteiger partial charge is 0.332 e. The Kier molecular flexibility index (Phi) is 6.37. The van der Waals surface area contributed by atoms with Crippen LogP contribution in [0, 0.1) is 11.2 Å². The number of aromatic amines is 1. The fourth-order valence-corrected chi connectivity index (χ4v) is 7.03. The van der Waals surface area contributed by atoms with E-state index in [9.17, 15) is 14.3 Å². The number of carboxylic acid groups (broad SMARTS) is 1. The lowest BCUT2D eigenvalue weighted by Gasteiger charge is -2.38. The highest BCUT2D eigenvalue weighted by atomic mass is 19.1. The van der Waals surface area contributed by atoms with Gasteiger partial charge in [-0.25, -0.2) is 14.2 Å². The lowest BCUT2D eigenvalue weighted by atomic mass is 9.77. The van der Waals surface area contributed by atoms with Gasteiger partial charge >= 0.3 is 5.97 Å². The van der Waals surface area contributed by atoms with Gasteiger partial charge in [-0.3, -0.25) is 4.90 Å². The van der Waals surface area contributed by atoms with E-state index in [0.717, 1.165) is 90.9 Å². The number of nitrogens with zero attached hydrogens (tertiary/aromatic N) is 3. The molecule has 0 spiro atoms. The van der Waals surface area contributed by atoms with E-state index in [4.69, 9.17) is 0 Å². The molecule has 204 valence electrons. The van der Waals surface area contributed by atoms with Crippen LogP contribution in [0.15, 0.2) is 47.7 Å². The SMILES string of the molecule is CN1Cc2c(C3=CCN(C4CCC(=C(C(=O)O)C(C)(C)C)CC4)CC3)[nH]c3nccc(c23)-c2cc(F)ccc21. The van der Waals surface area contributed by atoms with Gasteiger partial charge in [0.2, 0.25) is 0 Å². The van der Waals surface area contributed by atoms with E-state index in [-0.39, 0.29) is 11.2 Å². The molecule has 0 unspecified atom stereocenters. The number of hydrogen-bond acceptors (Lipinski definition) is 4. The van der Waals surface area contributed by atoms with Crippen molar-refractivity contribution < 1.29 is 14.3 Å². The number of anilines is 1. The quantitative estimate of drug-likeness (QED) is 0.367. The second-order valence-corrected chi connectivity index (χ2v) is 12.3. The standard InChI is InChI=1S/C32H37FN4O2/c1-32(2,3)28(31(38)39)19-5-8-22(9-6-19)37-15-12-20(13-16-37)29-25-18-36(4)26-10-7-21(33)17-24(26)23-11-14-34-30(35-29)27(23)25/h7,10-12,14,17,22H,5-6,8-9,13,15-16,18H2,1-4H3,(H,34,35)(H,38,39). The summed E-state index contributed by atoms with van der Waals surface area (Å²) in [5, 5.41) is 10.9. The van der Waals surface area contributed by atoms with Gasteiger partial charge < -0.3 is 15.0 Å². The largest absolute Gasteiger partial charge is 0.478 e. The Balaban J connectivity index is 1.25. The molecule has 3 aliphatic rings. The van der Waals surface area contributed by atoms with Gasteiger partial charge in [0.05, 0.1) is 0 Å². The van der Waals surface area contributed by atoms with Gasteiger partial charge in [-0.1, -0.05) is 32.4 Å². The van der Waals surface area contributed by atoms with Crippen LogP contribution in [-0.4, -0.2) is 52.1 Å². The number of aliphatic carboxylic acids is 1. The summed E-state index contributed by atoms with van der Waals surface area (Å²) in [7, 11) is 2.07. The van der Waals surface area contributed by atoms with Crippen LogP contribution < -0.4 is 4.90 Å². The van der Waals surface area contributed by atoms with Crippen LogP contribution in [0.25, 0.3) is 27.7 Å². The van der Waals surface area contributed by atoms with E-state index in [2.05, 4.69) is 32.9 Å². The third-order valence-corrected chi connectivity index (χ3v) is 8.81. The Labute approximate surface area is 229 Å². The Morgan fingerprint density at radius 1 is 1.13 bits per heavy atom. The first-order chi connectivity index (χ1) is 18.6. The van der Waals surface area contributed by atoms with E-state index in [1.165, 1.54) is 17.2 Å². The average molecular weight is 529 g/mol. The van der Waals surface area contributed by atoms with Gasteiger partial charge in [-0.15, -0.1) is 0 Å². The number of nitrogens with one attached hydrogen (secondary N) is 1. The molecule has 0 saturated heterocycles. The predicted molar refractivity (Wildman–Crippen MR) is 154 cm³/mol. The molecule has 2 N–H and O–H groups in total. The van der Waals surface area contributed by atoms with Crippen molar-refractivity contribution in [2.24, 2.45) is 5.41 Å². The molecule has 6 nitrogen and oxygen atoms in total. The molecule has 39 heavy (non-hydrogen) atoms. The summed E-state index contributed by atoms with van der Waals surface area (Å²) in [5.74, 6) is -1.000. The van der Waals surface area contributed by atoms with E-state index >= 15 is 0 Å². The highest BCUT2D eigenvalue weighted by Gasteiger charge is 2.32. The molecule has 0 radical (unpaired) electrons. The summed E-state index contributed by atoms with van der Waals surface area (Å²) >= 11 is 0. The Morgan fingerprint density at radius 3 is 2.56 bits per heavy atom. The second kappa shape index (κ2) is 9.63. The fraction of sp³-hybridized carbons (Fsp3) is 0.438. The maximum atomic E-state index is 14.3. The lowest BCUT2D eigenvalue weighted by molar-refractivity contribution is -0.133. The minimum atomic E-state index is -0.767. The van der Waals surface area contributed by atoms with Crippen molar-refractivity contribution in [3.8, 4) is 11.1 Å². The second-order valence-electron chi connectivity index (χ2n) is 12.3. The molecule has 1 aromatic carbocycles. The number of allylic oxidation sites excluding steroid dienone is 1. The number of fused-ring (bicyclic) bond motifs is 2. The van der Waals surface area contributed by atoms with Crippen molar-refractivity contribution in [2.45, 2.75) is 65.5 Å². The van der Waals surface area contributed by atoms with Gasteiger partial charge in [-0.2, -0.15) is 0 Å². The monoisotopic (exact) mass is 528 g/mol. The van der Waals surface area contributed by atoms with Crippen LogP contribution in [0.2, 0.25) is 0 Å². The zero-order valence-electron chi connectivity index (χ0n) is 23.3. The van der Waals surface area contributed by atoms with Crippen LogP contribution in [0.3, 0.4) is 0 Å². The molecule has 2 aliphatic heterocycles. The summed E-state index contributed by atoms with van der Waals surface area (Å²) in [6.07, 6.45) is 8.86. The van der Waals surface area contributed by atoms with Crippen LogP contribution in [0.1, 0.15) is 64.1 Å². The third kappa shape index (κ3) is 4.56. The average Bonchev–Trinajstić information content (AvgIpc) is 3.20. The summed E-state index contributed by atoms with van der Waals surface area (Å²) in [6.45, 7) is 8.60. The molecule has 1 aliphatic carbocycles. The van der Waals surface area contributed by atoms with E-state index < -0.39 is 5.97 Å². The minimum absolute atomic E-state index is 0.232. The number of hydrogen-bond donors (Lipinski definition) is 2. The molecule has 0 amide bonds. The molecule has 2 aromatic heterocycles. The number of carbonyl (C=O) groups is 1. The van der Waals surface area contributed by atoms with Gasteiger partial charge in [0.1, 0.15) is 11.5 Å². The number of halogens is 1. The van der Waals surface area contributed by atoms with Crippen molar-refractivity contribution in [1.82, 2.24) is 14.9 Å². The van der Waals surface area contributed by atoms with Crippen LogP contribution >= 0.6 is 0 Å². The fourth-order valence-electron chi connectivity index (χ4n) is 7.03. The molecule has 1 saturated carbocycles. The van der Waals surface area contributed by atoms with Crippen molar-refractivity contribution in [2.75, 3.05) is 25.0 Å². The maximum Gasteiger partial charge on any atom is 0.332 e. The molecule has 4 heterocycles. The third-order valence-electron chi connectivity index (χ3n) is 8.81. The van der Waals surface area contributed by atoms with Crippen molar-refractivity contribution >= 4 is 28.3 Å². The lowest BCUT2D eigenvalue weighted by Crippen LogP contribution is -2.40. The van der Waals surface area contributed by atoms with Gasteiger partial charge in [0.25, 0.3) is 0 Å². The molecule has 3 aromatic rings. The number of rotatable bonds is 3. The summed E-state index contributed by atoms with van der Waals surface area (Å²) < 4.78 is 14.3. The van der Waals surface area contributed by atoms with Gasteiger partial charge in [0.15, 0.2) is 0 Å². The first kappa shape index (κ1) is 25.8. The topological polar surface area (TPSA) is 72.5 Å². The molecule has 6 rings (SSSR count). The highest BCUT2D eigenvalue weighted by molar-refractivity contribution is 6.02. The summed E-state index contributed by atoms with van der Waals surface area (Å²) in [5.41, 5.74) is 8.88. The number of benzene rings is 1. The highest BCUT2D eigenvalue weighted by Crippen LogP contribution is 2.44. The van der Waals surface area contributed by atoms with Crippen LogP contribution in [0.4, 0.5) is 10.1 Å². The molecular formula is C32H37FN4O2. The Hall–Kier alpha value is -3.45. The van der Waals surface area contributed by atoms with Crippen molar-refractivity contribution in [1.29, 1.82) is 0 Å². The Bertz CT molecular complexity index is 1520. The van der Waals surface area contributed by atoms with E-state index in [0.29, 0.717) is 11.6 Å². The Morgan fingerprint density at radius 2 is 1.90 bits per heavy atom. The first-order valence-electron chi connectivity index (χ1n) is 14.0. The van der Waals surface area contributed by atoms with Gasteiger partial charge in [-0.05, 0) is 72.9 Å². The van der Waals surface area contributed by atoms with Gasteiger partial charge in [0, 0.05) is 72.4 Å². The predicted octanol–water partition coefficient (Wildman–Crippen LogP) is 6.78. The zero-order valence-corrected chi connectivity index (χ0v) is 23.3. The van der Waals surface area contributed by atoms with Crippen molar-refractivity contribution in [3.63, 3.8) is 0 Å².